The standard InChI is InChI=1S/C19H13Cl2N5OS/c20-14-7-4-8-15(17(14)21)25-16(27)10-28-19-13-9-24-26(18(13)22-11-23-19)12-5-2-1-3-6-12/h1-9,11H,10H2,(H,25,27). The number of benzene rings is 2. The molecule has 0 spiro atoms. The molecule has 0 bridgehead atoms. The first-order valence-corrected chi connectivity index (χ1v) is 9.98. The zero-order chi connectivity index (χ0) is 19.5. The number of halogens is 2. The van der Waals surface area contributed by atoms with Crippen LogP contribution >= 0.6 is 35.0 Å². The lowest BCUT2D eigenvalue weighted by atomic mass is 10.3. The lowest BCUT2D eigenvalue weighted by Gasteiger charge is -2.08. The van der Waals surface area contributed by atoms with E-state index in [0.29, 0.717) is 26.4 Å². The number of nitrogens with one attached hydrogen (secondary N) is 1. The van der Waals surface area contributed by atoms with Crippen molar-refractivity contribution in [1.82, 2.24) is 19.7 Å². The van der Waals surface area contributed by atoms with E-state index in [2.05, 4.69) is 20.4 Å². The van der Waals surface area contributed by atoms with E-state index >= 15 is 0 Å². The zero-order valence-corrected chi connectivity index (χ0v) is 16.7. The van der Waals surface area contributed by atoms with Gasteiger partial charge in [-0.2, -0.15) is 5.10 Å². The molecule has 1 N–H and O–H groups in total. The minimum absolute atomic E-state index is 0.158. The molecule has 2 aromatic heterocycles. The average Bonchev–Trinajstić information content (AvgIpc) is 3.15. The number of rotatable bonds is 5. The highest BCUT2D eigenvalue weighted by Crippen LogP contribution is 2.30. The highest BCUT2D eigenvalue weighted by atomic mass is 35.5. The fraction of sp³-hybridized carbons (Fsp3) is 0.0526. The molecular formula is C19H13Cl2N5OS. The molecule has 4 rings (SSSR count). The summed E-state index contributed by atoms with van der Waals surface area (Å²) in [6.07, 6.45) is 3.17. The van der Waals surface area contributed by atoms with Gasteiger partial charge in [-0.3, -0.25) is 4.79 Å². The molecule has 9 heteroatoms. The van der Waals surface area contributed by atoms with Gasteiger partial charge in [0.2, 0.25) is 5.91 Å². The third-order valence-corrected chi connectivity index (χ3v) is 5.72. The average molecular weight is 430 g/mol. The van der Waals surface area contributed by atoms with Gasteiger partial charge in [-0.25, -0.2) is 14.6 Å². The Hall–Kier alpha value is -2.61. The fourth-order valence-electron chi connectivity index (χ4n) is 2.62. The van der Waals surface area contributed by atoms with Crippen molar-refractivity contribution < 1.29 is 4.79 Å². The minimum Gasteiger partial charge on any atom is -0.324 e. The Labute approximate surface area is 174 Å². The predicted molar refractivity (Wildman–Crippen MR) is 112 cm³/mol. The lowest BCUT2D eigenvalue weighted by molar-refractivity contribution is -0.113. The van der Waals surface area contributed by atoms with Crippen LogP contribution in [0.5, 0.6) is 0 Å². The van der Waals surface area contributed by atoms with Gasteiger partial charge in [0.15, 0.2) is 5.65 Å². The largest absolute Gasteiger partial charge is 0.324 e. The minimum atomic E-state index is -0.212. The summed E-state index contributed by atoms with van der Waals surface area (Å²) in [7, 11) is 0. The molecule has 2 aromatic carbocycles. The predicted octanol–water partition coefficient (Wildman–Crippen LogP) is 4.85. The summed E-state index contributed by atoms with van der Waals surface area (Å²) in [5.74, 6) is -0.0535. The first-order chi connectivity index (χ1) is 13.6. The summed E-state index contributed by atoms with van der Waals surface area (Å²) in [4.78, 5) is 20.9. The van der Waals surface area contributed by atoms with Crippen LogP contribution in [0.1, 0.15) is 0 Å². The van der Waals surface area contributed by atoms with Crippen LogP contribution in [0, 0.1) is 0 Å². The van der Waals surface area contributed by atoms with Crippen molar-refractivity contribution in [2.75, 3.05) is 11.1 Å². The van der Waals surface area contributed by atoms with E-state index in [1.807, 2.05) is 30.3 Å². The molecule has 1 amide bonds. The Bertz CT molecular complexity index is 1150. The van der Waals surface area contributed by atoms with Gasteiger partial charge in [0.05, 0.1) is 38.8 Å². The SMILES string of the molecule is O=C(CSc1ncnc2c1cnn2-c1ccccc1)Nc1cccc(Cl)c1Cl. The van der Waals surface area contributed by atoms with Crippen molar-refractivity contribution in [3.8, 4) is 5.69 Å². The van der Waals surface area contributed by atoms with E-state index < -0.39 is 0 Å². The Morgan fingerprint density at radius 3 is 2.71 bits per heavy atom. The van der Waals surface area contributed by atoms with Crippen molar-refractivity contribution in [2.24, 2.45) is 0 Å². The summed E-state index contributed by atoms with van der Waals surface area (Å²) in [5, 5.41) is 9.34. The maximum atomic E-state index is 12.3. The molecule has 0 radical (unpaired) electrons. The van der Waals surface area contributed by atoms with Crippen LogP contribution in [0.25, 0.3) is 16.7 Å². The Morgan fingerprint density at radius 1 is 1.07 bits per heavy atom. The smallest absolute Gasteiger partial charge is 0.234 e. The summed E-state index contributed by atoms with van der Waals surface area (Å²) in [6, 6.07) is 14.8. The second-order valence-electron chi connectivity index (χ2n) is 5.75. The molecule has 0 aliphatic carbocycles. The monoisotopic (exact) mass is 429 g/mol. The number of amides is 1. The van der Waals surface area contributed by atoms with Crippen molar-refractivity contribution in [2.45, 2.75) is 5.03 Å². The van der Waals surface area contributed by atoms with Gasteiger partial charge >= 0.3 is 0 Å². The third-order valence-electron chi connectivity index (χ3n) is 3.90. The number of carbonyl (C=O) groups is 1. The van der Waals surface area contributed by atoms with Gasteiger partial charge < -0.3 is 5.32 Å². The molecule has 0 aliphatic rings. The molecule has 6 nitrogen and oxygen atoms in total. The number of carbonyl (C=O) groups excluding carboxylic acids is 1. The fourth-order valence-corrected chi connectivity index (χ4v) is 3.73. The highest BCUT2D eigenvalue weighted by molar-refractivity contribution is 8.00. The van der Waals surface area contributed by atoms with E-state index in [1.165, 1.54) is 18.1 Å². The molecule has 0 aliphatic heterocycles. The normalized spacial score (nSPS) is 10.9. The molecule has 0 fully saturated rings. The maximum absolute atomic E-state index is 12.3. The lowest BCUT2D eigenvalue weighted by Crippen LogP contribution is -2.14. The number of thioether (sulfide) groups is 1. The van der Waals surface area contributed by atoms with Crippen LogP contribution in [0.4, 0.5) is 5.69 Å². The van der Waals surface area contributed by atoms with Gasteiger partial charge in [-0.05, 0) is 24.3 Å². The summed E-state index contributed by atoms with van der Waals surface area (Å²) < 4.78 is 1.74. The van der Waals surface area contributed by atoms with Crippen LogP contribution in [-0.4, -0.2) is 31.4 Å². The molecule has 4 aromatic rings. The Kier molecular flexibility index (Phi) is 5.47. The summed E-state index contributed by atoms with van der Waals surface area (Å²) >= 11 is 13.4. The topological polar surface area (TPSA) is 72.7 Å². The molecule has 2 heterocycles. The van der Waals surface area contributed by atoms with Gasteiger partial charge in [-0.15, -0.1) is 0 Å². The summed E-state index contributed by atoms with van der Waals surface area (Å²) in [6.45, 7) is 0. The van der Waals surface area contributed by atoms with E-state index in [4.69, 9.17) is 23.2 Å². The van der Waals surface area contributed by atoms with Crippen LogP contribution in [0.3, 0.4) is 0 Å². The zero-order valence-electron chi connectivity index (χ0n) is 14.3. The van der Waals surface area contributed by atoms with E-state index in [1.54, 1.807) is 29.1 Å². The molecule has 0 atom stereocenters. The quantitative estimate of drug-likeness (QED) is 0.362. The number of hydrogen-bond donors (Lipinski definition) is 1. The van der Waals surface area contributed by atoms with Gasteiger partial charge in [0.1, 0.15) is 11.4 Å². The molecule has 0 saturated carbocycles. The highest BCUT2D eigenvalue weighted by Gasteiger charge is 2.14. The number of fused-ring (bicyclic) bond motifs is 1. The van der Waals surface area contributed by atoms with E-state index in [9.17, 15) is 4.79 Å². The maximum Gasteiger partial charge on any atom is 0.234 e. The van der Waals surface area contributed by atoms with E-state index in [0.717, 1.165) is 11.1 Å². The molecule has 0 unspecified atom stereocenters. The van der Waals surface area contributed by atoms with Crippen LogP contribution in [0.15, 0.2) is 66.1 Å². The van der Waals surface area contributed by atoms with Crippen LogP contribution in [0.2, 0.25) is 10.0 Å². The van der Waals surface area contributed by atoms with E-state index in [-0.39, 0.29) is 11.7 Å². The number of hydrogen-bond acceptors (Lipinski definition) is 5. The van der Waals surface area contributed by atoms with Crippen LogP contribution < -0.4 is 5.32 Å². The number of aromatic nitrogens is 4. The number of nitrogens with zero attached hydrogens (tertiary/aromatic N) is 4. The van der Waals surface area contributed by atoms with Crippen molar-refractivity contribution in [3.63, 3.8) is 0 Å². The van der Waals surface area contributed by atoms with Gasteiger partial charge in [-0.1, -0.05) is 59.2 Å². The van der Waals surface area contributed by atoms with Crippen molar-refractivity contribution >= 4 is 57.6 Å². The Morgan fingerprint density at radius 2 is 1.89 bits per heavy atom. The Balaban J connectivity index is 1.52. The molecule has 28 heavy (non-hydrogen) atoms. The second kappa shape index (κ2) is 8.18. The second-order valence-corrected chi connectivity index (χ2v) is 7.50. The van der Waals surface area contributed by atoms with Crippen LogP contribution in [-0.2, 0) is 4.79 Å². The number of para-hydroxylation sites is 1. The van der Waals surface area contributed by atoms with Gasteiger partial charge in [0, 0.05) is 0 Å². The van der Waals surface area contributed by atoms with Crippen molar-refractivity contribution in [1.29, 1.82) is 0 Å². The first-order valence-electron chi connectivity index (χ1n) is 8.24. The molecule has 0 saturated heterocycles. The van der Waals surface area contributed by atoms with Gasteiger partial charge in [0.25, 0.3) is 0 Å². The molecular weight excluding hydrogens is 417 g/mol. The summed E-state index contributed by atoms with van der Waals surface area (Å²) in [5.41, 5.74) is 2.06. The molecule has 140 valence electrons. The first kappa shape index (κ1) is 18.7. The van der Waals surface area contributed by atoms with Crippen molar-refractivity contribution in [3.05, 3.63) is 71.1 Å². The number of anilines is 1. The third kappa shape index (κ3) is 3.82.